The van der Waals surface area contributed by atoms with Crippen LogP contribution in [0.5, 0.6) is 5.75 Å². The predicted octanol–water partition coefficient (Wildman–Crippen LogP) is 3.41. The van der Waals surface area contributed by atoms with Crippen LogP contribution in [0.1, 0.15) is 50.8 Å². The molecule has 276 valence electrons. The van der Waals surface area contributed by atoms with Crippen LogP contribution in [0.4, 0.5) is 18.9 Å². The fourth-order valence-electron chi connectivity index (χ4n) is 6.05. The van der Waals surface area contributed by atoms with E-state index in [1.54, 1.807) is 4.90 Å². The number of hydrogen-bond donors (Lipinski definition) is 4. The topological polar surface area (TPSA) is 183 Å². The number of hydrogen-bond acceptors (Lipinski definition) is 10. The smallest absolute Gasteiger partial charge is 0.433 e. The maximum atomic E-state index is 13.9. The Morgan fingerprint density at radius 1 is 1.00 bits per heavy atom. The third-order valence-corrected chi connectivity index (χ3v) is 9.09. The number of aromatic amines is 2. The van der Waals surface area contributed by atoms with Crippen LogP contribution in [0.25, 0.3) is 11.5 Å². The monoisotopic (exact) mass is 744 g/mol. The number of nitrogens with zero attached hydrogens (tertiary/aromatic N) is 6. The second-order valence-electron chi connectivity index (χ2n) is 12.2. The molecule has 4 N–H and O–H groups in total. The number of benzene rings is 1. The number of methoxy groups -OCH3 is 1. The first-order valence-electron chi connectivity index (χ1n) is 16.5. The number of imidazole rings is 1. The van der Waals surface area contributed by atoms with Gasteiger partial charge in [0.25, 0.3) is 11.8 Å². The summed E-state index contributed by atoms with van der Waals surface area (Å²) in [5.74, 6) is -0.771. The van der Waals surface area contributed by atoms with Gasteiger partial charge in [0.15, 0.2) is 17.4 Å². The van der Waals surface area contributed by atoms with Crippen LogP contribution in [0.2, 0.25) is 5.02 Å². The number of piperidine rings is 1. The largest absolute Gasteiger partial charge is 0.488 e. The molecule has 0 bridgehead atoms. The maximum absolute atomic E-state index is 13.9. The van der Waals surface area contributed by atoms with Gasteiger partial charge in [-0.1, -0.05) is 11.6 Å². The van der Waals surface area contributed by atoms with E-state index < -0.39 is 17.8 Å². The van der Waals surface area contributed by atoms with Crippen molar-refractivity contribution in [1.82, 2.24) is 45.2 Å². The fourth-order valence-corrected chi connectivity index (χ4v) is 6.31. The Hall–Kier alpha value is -5.07. The summed E-state index contributed by atoms with van der Waals surface area (Å²) in [5.41, 5.74) is -0.776. The summed E-state index contributed by atoms with van der Waals surface area (Å²) in [6.07, 6.45) is 0.400. The van der Waals surface area contributed by atoms with Gasteiger partial charge in [-0.2, -0.15) is 18.3 Å². The van der Waals surface area contributed by atoms with Crippen molar-refractivity contribution in [3.63, 3.8) is 0 Å². The van der Waals surface area contributed by atoms with Crippen molar-refractivity contribution in [1.29, 1.82) is 0 Å². The predicted molar refractivity (Wildman–Crippen MR) is 181 cm³/mol. The van der Waals surface area contributed by atoms with E-state index in [2.05, 4.69) is 35.7 Å². The minimum absolute atomic E-state index is 0.0108. The minimum Gasteiger partial charge on any atom is -0.488 e. The lowest BCUT2D eigenvalue weighted by molar-refractivity contribution is -0.141. The molecule has 3 aromatic heterocycles. The van der Waals surface area contributed by atoms with Crippen LogP contribution < -0.4 is 15.4 Å². The molecule has 0 unspecified atom stereocenters. The van der Waals surface area contributed by atoms with Crippen LogP contribution in [0, 0.1) is 5.92 Å². The van der Waals surface area contributed by atoms with Crippen LogP contribution in [-0.4, -0.2) is 117 Å². The van der Waals surface area contributed by atoms with Gasteiger partial charge in [0.1, 0.15) is 18.0 Å². The van der Waals surface area contributed by atoms with Crippen molar-refractivity contribution in [2.75, 3.05) is 64.9 Å². The van der Waals surface area contributed by atoms with Gasteiger partial charge in [0.05, 0.1) is 29.6 Å². The number of H-pyrrole nitrogens is 2. The van der Waals surface area contributed by atoms with Crippen molar-refractivity contribution in [2.45, 2.75) is 25.4 Å². The van der Waals surface area contributed by atoms with Gasteiger partial charge in [0, 0.05) is 68.8 Å². The molecule has 52 heavy (non-hydrogen) atoms. The summed E-state index contributed by atoms with van der Waals surface area (Å²) in [6.45, 7) is 3.85. The number of carbonyl (C=O) groups excluding carboxylic acids is 3. The molecule has 2 fully saturated rings. The van der Waals surface area contributed by atoms with E-state index in [1.807, 2.05) is 10.00 Å². The molecule has 2 saturated heterocycles. The summed E-state index contributed by atoms with van der Waals surface area (Å²) in [4.78, 5) is 57.7. The lowest BCUT2D eigenvalue weighted by atomic mass is 9.96. The molecule has 3 amide bonds. The molecule has 0 radical (unpaired) electrons. The zero-order chi connectivity index (χ0) is 36.8. The third kappa shape index (κ3) is 8.51. The summed E-state index contributed by atoms with van der Waals surface area (Å²) in [6, 6.07) is 4.44. The van der Waals surface area contributed by atoms with Crippen LogP contribution >= 0.6 is 11.6 Å². The Morgan fingerprint density at radius 2 is 1.71 bits per heavy atom. The van der Waals surface area contributed by atoms with Gasteiger partial charge >= 0.3 is 6.18 Å². The molecule has 0 aliphatic carbocycles. The Labute approximate surface area is 300 Å². The van der Waals surface area contributed by atoms with Crippen molar-refractivity contribution < 1.29 is 37.0 Å². The first-order chi connectivity index (χ1) is 25.0. The highest BCUT2D eigenvalue weighted by atomic mass is 35.5. The molecule has 1 aromatic carbocycles. The Kier molecular flexibility index (Phi) is 11.4. The Bertz CT molecular complexity index is 1890. The highest BCUT2D eigenvalue weighted by molar-refractivity contribution is 6.34. The normalized spacial score (nSPS) is 15.5. The van der Waals surface area contributed by atoms with E-state index in [1.165, 1.54) is 43.9 Å². The summed E-state index contributed by atoms with van der Waals surface area (Å²) in [5, 5.41) is 11.9. The van der Waals surface area contributed by atoms with Crippen LogP contribution in [0.15, 0.2) is 36.8 Å². The number of carbonyl (C=O) groups is 3. The molecule has 15 nitrogen and oxygen atoms in total. The molecule has 0 saturated carbocycles. The van der Waals surface area contributed by atoms with E-state index in [0.29, 0.717) is 38.5 Å². The molecule has 4 aromatic rings. The number of alkyl halides is 3. The van der Waals surface area contributed by atoms with Gasteiger partial charge in [-0.05, 0) is 44.1 Å². The summed E-state index contributed by atoms with van der Waals surface area (Å²) in [7, 11) is 1.51. The Balaban J connectivity index is 1.08. The average molecular weight is 745 g/mol. The lowest BCUT2D eigenvalue weighted by Gasteiger charge is -2.37. The standard InChI is InChI=1S/C33H36ClF3N10O5/c1-51-12-13-52-22-17-40-28(41-18-22)26-24(27(45-44-26)33(35,36)37)14-21-16-39-29(42-21)30(48)43-20-2-3-23(25(34)15-20)32(50)47-10-8-46(9-11-47)31(49)19-4-6-38-7-5-19/h2-3,15-19,38H,4-14H2,1H3,(H,39,42)(H,43,48)(H,44,45). The Morgan fingerprint density at radius 3 is 2.38 bits per heavy atom. The summed E-state index contributed by atoms with van der Waals surface area (Å²) >= 11 is 6.48. The van der Waals surface area contributed by atoms with Gasteiger partial charge in [-0.3, -0.25) is 19.5 Å². The third-order valence-electron chi connectivity index (χ3n) is 8.78. The molecular formula is C33H36ClF3N10O5. The lowest BCUT2D eigenvalue weighted by Crippen LogP contribution is -2.52. The molecule has 5 heterocycles. The molecule has 0 atom stereocenters. The van der Waals surface area contributed by atoms with E-state index in [9.17, 15) is 27.6 Å². The first-order valence-corrected chi connectivity index (χ1v) is 16.9. The van der Waals surface area contributed by atoms with Gasteiger partial charge in [0.2, 0.25) is 5.91 Å². The second kappa shape index (κ2) is 16.1. The number of piperazine rings is 1. The highest BCUT2D eigenvalue weighted by Crippen LogP contribution is 2.35. The number of nitrogens with one attached hydrogen (secondary N) is 4. The number of rotatable bonds is 11. The number of anilines is 1. The SMILES string of the molecule is COCCOc1cnc(-c2n[nH]c(C(F)(F)F)c2Cc2cnc(C(=O)Nc3ccc(C(=O)N4CCN(C(=O)C5CCNCC5)CC4)c(Cl)c3)[nH]2)nc1. The van der Waals surface area contributed by atoms with E-state index >= 15 is 0 Å². The van der Waals surface area contributed by atoms with Crippen molar-refractivity contribution in [3.8, 4) is 17.3 Å². The van der Waals surface area contributed by atoms with E-state index in [-0.39, 0.29) is 75.6 Å². The number of amides is 3. The number of halogens is 4. The first kappa shape index (κ1) is 36.7. The second-order valence-corrected chi connectivity index (χ2v) is 12.6. The fraction of sp³-hybridized carbons (Fsp3) is 0.424. The van der Waals surface area contributed by atoms with Crippen molar-refractivity contribution >= 4 is 35.0 Å². The van der Waals surface area contributed by atoms with Crippen molar-refractivity contribution in [3.05, 3.63) is 70.2 Å². The number of ether oxygens (including phenoxy) is 2. The molecule has 19 heteroatoms. The van der Waals surface area contributed by atoms with E-state index in [4.69, 9.17) is 21.1 Å². The zero-order valence-corrected chi connectivity index (χ0v) is 28.8. The van der Waals surface area contributed by atoms with E-state index in [0.717, 1.165) is 25.9 Å². The summed E-state index contributed by atoms with van der Waals surface area (Å²) < 4.78 is 52.1. The molecule has 2 aliphatic rings. The molecule has 2 aliphatic heterocycles. The van der Waals surface area contributed by atoms with Crippen LogP contribution in [-0.2, 0) is 22.1 Å². The van der Waals surface area contributed by atoms with Crippen LogP contribution in [0.3, 0.4) is 0 Å². The zero-order valence-electron chi connectivity index (χ0n) is 28.1. The molecule has 0 spiro atoms. The number of aromatic nitrogens is 6. The molecular weight excluding hydrogens is 709 g/mol. The maximum Gasteiger partial charge on any atom is 0.433 e. The quantitative estimate of drug-likeness (QED) is 0.166. The average Bonchev–Trinajstić information content (AvgIpc) is 3.80. The highest BCUT2D eigenvalue weighted by Gasteiger charge is 2.38. The van der Waals surface area contributed by atoms with Gasteiger partial charge < -0.3 is 34.9 Å². The van der Waals surface area contributed by atoms with Gasteiger partial charge in [-0.25, -0.2) is 15.0 Å². The molecule has 6 rings (SSSR count). The minimum atomic E-state index is -4.77. The van der Waals surface area contributed by atoms with Gasteiger partial charge in [-0.15, -0.1) is 0 Å². The van der Waals surface area contributed by atoms with Crippen molar-refractivity contribution in [2.24, 2.45) is 5.92 Å².